The van der Waals surface area contributed by atoms with E-state index in [0.717, 1.165) is 22.3 Å². The van der Waals surface area contributed by atoms with E-state index in [0.29, 0.717) is 16.5 Å². The molecule has 1 saturated heterocycles. The van der Waals surface area contributed by atoms with E-state index in [9.17, 15) is 9.59 Å². The SMILES string of the molecule is COc1ccc(Cl)cc1N1C(=O)[C@@H]2[C@H](C1=O)[C@H]1C=C[C@H]2C1=C(c1ccccc1)c1ccccc1. The molecule has 2 amide bonds. The predicted molar refractivity (Wildman–Crippen MR) is 133 cm³/mol. The lowest BCUT2D eigenvalue weighted by Gasteiger charge is -2.22. The molecular formula is C29H22ClNO3. The summed E-state index contributed by atoms with van der Waals surface area (Å²) >= 11 is 6.21. The van der Waals surface area contributed by atoms with Crippen molar-refractivity contribution in [2.45, 2.75) is 0 Å². The van der Waals surface area contributed by atoms with E-state index in [1.54, 1.807) is 18.2 Å². The van der Waals surface area contributed by atoms with E-state index >= 15 is 0 Å². The molecule has 5 heteroatoms. The van der Waals surface area contributed by atoms with Crippen molar-refractivity contribution in [3.05, 3.63) is 113 Å². The molecule has 0 unspecified atom stereocenters. The van der Waals surface area contributed by atoms with Crippen LogP contribution in [-0.4, -0.2) is 18.9 Å². The molecule has 4 atom stereocenters. The lowest BCUT2D eigenvalue weighted by Crippen LogP contribution is -2.33. The van der Waals surface area contributed by atoms with E-state index in [-0.39, 0.29) is 23.7 Å². The Hall–Kier alpha value is -3.63. The van der Waals surface area contributed by atoms with Crippen LogP contribution in [0.15, 0.2) is 96.6 Å². The van der Waals surface area contributed by atoms with Crippen LogP contribution in [0.25, 0.3) is 5.57 Å². The molecule has 34 heavy (non-hydrogen) atoms. The minimum Gasteiger partial charge on any atom is -0.495 e. The maximum absolute atomic E-state index is 13.8. The number of allylic oxidation sites excluding steroid dienone is 3. The molecule has 168 valence electrons. The highest BCUT2D eigenvalue weighted by Crippen LogP contribution is 2.59. The summed E-state index contributed by atoms with van der Waals surface area (Å²) in [5.41, 5.74) is 4.87. The first-order valence-electron chi connectivity index (χ1n) is 11.3. The topological polar surface area (TPSA) is 46.6 Å². The van der Waals surface area contributed by atoms with Crippen molar-refractivity contribution < 1.29 is 14.3 Å². The Balaban J connectivity index is 1.49. The van der Waals surface area contributed by atoms with E-state index < -0.39 is 11.8 Å². The van der Waals surface area contributed by atoms with Crippen LogP contribution >= 0.6 is 11.6 Å². The number of nitrogens with zero attached hydrogens (tertiary/aromatic N) is 1. The van der Waals surface area contributed by atoms with Gasteiger partial charge >= 0.3 is 0 Å². The number of methoxy groups -OCH3 is 1. The summed E-state index contributed by atoms with van der Waals surface area (Å²) in [5, 5.41) is 0.450. The first-order chi connectivity index (χ1) is 16.6. The molecule has 1 aliphatic heterocycles. The second-order valence-electron chi connectivity index (χ2n) is 8.88. The Morgan fingerprint density at radius 2 is 1.32 bits per heavy atom. The summed E-state index contributed by atoms with van der Waals surface area (Å²) in [6.07, 6.45) is 4.22. The summed E-state index contributed by atoms with van der Waals surface area (Å²) in [6.45, 7) is 0. The molecule has 0 aromatic heterocycles. The Bertz CT molecular complexity index is 1290. The smallest absolute Gasteiger partial charge is 0.238 e. The molecule has 1 heterocycles. The van der Waals surface area contributed by atoms with Gasteiger partial charge in [-0.05, 0) is 40.5 Å². The van der Waals surface area contributed by atoms with Crippen LogP contribution in [0.5, 0.6) is 5.75 Å². The van der Waals surface area contributed by atoms with Gasteiger partial charge in [-0.25, -0.2) is 4.90 Å². The van der Waals surface area contributed by atoms with Gasteiger partial charge in [0.2, 0.25) is 11.8 Å². The fourth-order valence-electron chi connectivity index (χ4n) is 5.88. The molecule has 1 saturated carbocycles. The van der Waals surface area contributed by atoms with Crippen molar-refractivity contribution in [1.82, 2.24) is 0 Å². The average Bonchev–Trinajstić information content (AvgIpc) is 3.50. The van der Waals surface area contributed by atoms with Crippen LogP contribution in [0.1, 0.15) is 11.1 Å². The predicted octanol–water partition coefficient (Wildman–Crippen LogP) is 5.77. The second kappa shape index (κ2) is 8.00. The van der Waals surface area contributed by atoms with Crippen molar-refractivity contribution >= 4 is 34.7 Å². The van der Waals surface area contributed by atoms with Crippen molar-refractivity contribution in [1.29, 1.82) is 0 Å². The molecule has 0 spiro atoms. The van der Waals surface area contributed by atoms with Crippen LogP contribution in [0.3, 0.4) is 0 Å². The highest BCUT2D eigenvalue weighted by Gasteiger charge is 2.62. The standard InChI is InChI=1S/C29H22ClNO3/c1-34-23-15-12-19(30)16-22(23)31-28(32)26-20-13-14-21(27(26)29(31)33)25(20)24(17-8-4-2-5-9-17)18-10-6-3-7-11-18/h2-16,20-21,26-27H,1H3/t20-,21-,26-,27+/m0/s1. The summed E-state index contributed by atoms with van der Waals surface area (Å²) in [4.78, 5) is 28.8. The van der Waals surface area contributed by atoms with Crippen molar-refractivity contribution in [2.75, 3.05) is 12.0 Å². The van der Waals surface area contributed by atoms with Crippen LogP contribution in [0.2, 0.25) is 5.02 Å². The largest absolute Gasteiger partial charge is 0.495 e. The van der Waals surface area contributed by atoms with Crippen molar-refractivity contribution in [3.8, 4) is 5.75 Å². The van der Waals surface area contributed by atoms with Crippen LogP contribution in [0.4, 0.5) is 5.69 Å². The summed E-state index contributed by atoms with van der Waals surface area (Å²) < 4.78 is 5.45. The Kier molecular flexibility index (Phi) is 4.93. The normalized spacial score (nSPS) is 24.6. The zero-order valence-electron chi connectivity index (χ0n) is 18.5. The van der Waals surface area contributed by atoms with Crippen molar-refractivity contribution in [2.24, 2.45) is 23.7 Å². The average molecular weight is 468 g/mol. The molecular weight excluding hydrogens is 446 g/mol. The number of fused-ring (bicyclic) bond motifs is 5. The van der Waals surface area contributed by atoms with Gasteiger partial charge in [0, 0.05) is 16.9 Å². The van der Waals surface area contributed by atoms with Gasteiger partial charge < -0.3 is 4.74 Å². The zero-order chi connectivity index (χ0) is 23.4. The molecule has 2 bridgehead atoms. The summed E-state index contributed by atoms with van der Waals surface area (Å²) in [7, 11) is 1.52. The third-order valence-corrected chi connectivity index (χ3v) is 7.45. The lowest BCUT2D eigenvalue weighted by atomic mass is 9.85. The summed E-state index contributed by atoms with van der Waals surface area (Å²) in [5.74, 6) is -1.03. The number of hydrogen-bond donors (Lipinski definition) is 0. The highest BCUT2D eigenvalue weighted by molar-refractivity contribution is 6.31. The minimum absolute atomic E-state index is 0.128. The number of carbonyl (C=O) groups excluding carboxylic acids is 2. The number of benzene rings is 3. The van der Waals surface area contributed by atoms with E-state index in [4.69, 9.17) is 16.3 Å². The Morgan fingerprint density at radius 1 is 0.794 bits per heavy atom. The van der Waals surface area contributed by atoms with Crippen LogP contribution in [-0.2, 0) is 9.59 Å². The van der Waals surface area contributed by atoms with E-state index in [1.165, 1.54) is 12.0 Å². The fraction of sp³-hybridized carbons (Fsp3) is 0.172. The van der Waals surface area contributed by atoms with E-state index in [2.05, 4.69) is 36.4 Å². The molecule has 3 aliphatic rings. The van der Waals surface area contributed by atoms with Crippen LogP contribution < -0.4 is 9.64 Å². The number of hydrogen-bond acceptors (Lipinski definition) is 3. The number of ether oxygens (including phenoxy) is 1. The van der Waals surface area contributed by atoms with Gasteiger partial charge in [0.05, 0.1) is 24.6 Å². The van der Waals surface area contributed by atoms with Crippen molar-refractivity contribution in [3.63, 3.8) is 0 Å². The Morgan fingerprint density at radius 3 is 1.82 bits per heavy atom. The van der Waals surface area contributed by atoms with Gasteiger partial charge in [-0.15, -0.1) is 0 Å². The minimum atomic E-state index is -0.427. The lowest BCUT2D eigenvalue weighted by molar-refractivity contribution is -0.123. The number of anilines is 1. The van der Waals surface area contributed by atoms with E-state index in [1.807, 2.05) is 36.4 Å². The molecule has 0 N–H and O–H groups in total. The quantitative estimate of drug-likeness (QED) is 0.361. The van der Waals surface area contributed by atoms with Gasteiger partial charge in [0.1, 0.15) is 5.75 Å². The molecule has 3 aromatic carbocycles. The molecule has 3 aromatic rings. The fourth-order valence-corrected chi connectivity index (χ4v) is 6.05. The molecule has 0 radical (unpaired) electrons. The highest BCUT2D eigenvalue weighted by atomic mass is 35.5. The molecule has 6 rings (SSSR count). The summed E-state index contributed by atoms with van der Waals surface area (Å²) in [6, 6.07) is 25.5. The maximum atomic E-state index is 13.8. The number of halogens is 1. The zero-order valence-corrected chi connectivity index (χ0v) is 19.3. The van der Waals surface area contributed by atoms with Gasteiger partial charge in [-0.2, -0.15) is 0 Å². The number of amides is 2. The first kappa shape index (κ1) is 20.9. The van der Waals surface area contributed by atoms with Gasteiger partial charge in [-0.3, -0.25) is 9.59 Å². The van der Waals surface area contributed by atoms with Gasteiger partial charge in [-0.1, -0.05) is 84.4 Å². The maximum Gasteiger partial charge on any atom is 0.238 e. The molecule has 2 aliphatic carbocycles. The Labute approximate surface area is 203 Å². The van der Waals surface area contributed by atoms with Crippen LogP contribution in [0, 0.1) is 23.7 Å². The molecule has 2 fully saturated rings. The first-order valence-corrected chi connectivity index (χ1v) is 11.7. The monoisotopic (exact) mass is 467 g/mol. The third kappa shape index (κ3) is 2.99. The second-order valence-corrected chi connectivity index (χ2v) is 9.31. The number of imide groups is 1. The molecule has 4 nitrogen and oxygen atoms in total. The third-order valence-electron chi connectivity index (χ3n) is 7.21. The number of rotatable bonds is 4. The number of carbonyl (C=O) groups is 2. The van der Waals surface area contributed by atoms with Gasteiger partial charge in [0.15, 0.2) is 0 Å². The van der Waals surface area contributed by atoms with Gasteiger partial charge in [0.25, 0.3) is 0 Å².